The van der Waals surface area contributed by atoms with Crippen molar-refractivity contribution in [1.29, 1.82) is 0 Å². The Kier molecular flexibility index (Phi) is 7.29. The number of methoxy groups -OCH3 is 2. The standard InChI is InChI=1S/C14H21BrO5/c1-5-19-14(20-6-2)12(16)9-7-8-10(17-3)11(15)13(9)18-4/h7-8,12,14,16H,5-6H2,1-4H3. The van der Waals surface area contributed by atoms with E-state index in [4.69, 9.17) is 18.9 Å². The van der Waals surface area contributed by atoms with Crippen LogP contribution in [0.1, 0.15) is 25.5 Å². The Hall–Kier alpha value is -0.820. The minimum absolute atomic E-state index is 0.446. The highest BCUT2D eigenvalue weighted by molar-refractivity contribution is 9.10. The lowest BCUT2D eigenvalue weighted by atomic mass is 10.1. The molecule has 114 valence electrons. The van der Waals surface area contributed by atoms with Crippen LogP contribution in [0.5, 0.6) is 11.5 Å². The molecule has 1 atom stereocenters. The summed E-state index contributed by atoms with van der Waals surface area (Å²) in [4.78, 5) is 0. The highest BCUT2D eigenvalue weighted by Crippen LogP contribution is 2.40. The van der Waals surface area contributed by atoms with Crippen molar-refractivity contribution in [3.63, 3.8) is 0 Å². The Morgan fingerprint density at radius 2 is 1.70 bits per heavy atom. The van der Waals surface area contributed by atoms with E-state index in [-0.39, 0.29) is 0 Å². The molecule has 0 spiro atoms. The molecule has 0 saturated heterocycles. The number of rotatable bonds is 8. The largest absolute Gasteiger partial charge is 0.495 e. The van der Waals surface area contributed by atoms with Gasteiger partial charge >= 0.3 is 0 Å². The second kappa shape index (κ2) is 8.46. The molecule has 1 aromatic rings. The van der Waals surface area contributed by atoms with Gasteiger partial charge in [-0.3, -0.25) is 0 Å². The van der Waals surface area contributed by atoms with E-state index in [0.29, 0.717) is 34.7 Å². The SMILES string of the molecule is CCOC(OCC)C(O)c1ccc(OC)c(Br)c1OC. The third-order valence-corrected chi connectivity index (χ3v) is 3.51. The van der Waals surface area contributed by atoms with Gasteiger partial charge in [0.1, 0.15) is 22.1 Å². The first-order chi connectivity index (χ1) is 9.60. The van der Waals surface area contributed by atoms with E-state index >= 15 is 0 Å². The van der Waals surface area contributed by atoms with E-state index in [1.807, 2.05) is 13.8 Å². The van der Waals surface area contributed by atoms with Crippen molar-refractivity contribution in [2.45, 2.75) is 26.2 Å². The van der Waals surface area contributed by atoms with Crippen molar-refractivity contribution >= 4 is 15.9 Å². The van der Waals surface area contributed by atoms with E-state index in [1.165, 1.54) is 7.11 Å². The van der Waals surface area contributed by atoms with Crippen LogP contribution in [0.4, 0.5) is 0 Å². The minimum atomic E-state index is -0.952. The first kappa shape index (κ1) is 17.2. The van der Waals surface area contributed by atoms with Crippen LogP contribution in [0.25, 0.3) is 0 Å². The zero-order chi connectivity index (χ0) is 15.1. The van der Waals surface area contributed by atoms with Crippen LogP contribution in [-0.4, -0.2) is 38.8 Å². The molecule has 0 aromatic heterocycles. The van der Waals surface area contributed by atoms with E-state index in [9.17, 15) is 5.11 Å². The molecule has 0 aliphatic carbocycles. The smallest absolute Gasteiger partial charge is 0.187 e. The fourth-order valence-corrected chi connectivity index (χ4v) is 2.54. The van der Waals surface area contributed by atoms with Gasteiger partial charge in [0.2, 0.25) is 0 Å². The normalized spacial score (nSPS) is 12.6. The quantitative estimate of drug-likeness (QED) is 0.732. The molecule has 0 amide bonds. The second-order valence-electron chi connectivity index (χ2n) is 3.93. The average molecular weight is 349 g/mol. The van der Waals surface area contributed by atoms with Gasteiger partial charge in [-0.2, -0.15) is 0 Å². The number of benzene rings is 1. The molecule has 0 bridgehead atoms. The minimum Gasteiger partial charge on any atom is -0.495 e. The van der Waals surface area contributed by atoms with Gasteiger partial charge in [0.15, 0.2) is 6.29 Å². The van der Waals surface area contributed by atoms with Crippen LogP contribution in [0.15, 0.2) is 16.6 Å². The summed E-state index contributed by atoms with van der Waals surface area (Å²) in [5.74, 6) is 1.13. The lowest BCUT2D eigenvalue weighted by molar-refractivity contribution is -0.191. The van der Waals surface area contributed by atoms with Gasteiger partial charge in [-0.1, -0.05) is 0 Å². The summed E-state index contributed by atoms with van der Waals surface area (Å²) >= 11 is 3.41. The first-order valence-corrected chi connectivity index (χ1v) is 7.21. The Labute approximate surface area is 127 Å². The highest BCUT2D eigenvalue weighted by atomic mass is 79.9. The molecule has 20 heavy (non-hydrogen) atoms. The third-order valence-electron chi connectivity index (χ3n) is 2.75. The lowest BCUT2D eigenvalue weighted by Gasteiger charge is -2.25. The van der Waals surface area contributed by atoms with Gasteiger partial charge in [-0.05, 0) is 41.9 Å². The Morgan fingerprint density at radius 1 is 1.10 bits per heavy atom. The molecule has 0 aliphatic heterocycles. The number of hydrogen-bond donors (Lipinski definition) is 1. The predicted octanol–water partition coefficient (Wildman–Crippen LogP) is 2.90. The maximum absolute atomic E-state index is 10.5. The molecule has 0 saturated carbocycles. The van der Waals surface area contributed by atoms with Crippen LogP contribution in [0.3, 0.4) is 0 Å². The molecule has 5 nitrogen and oxygen atoms in total. The number of aliphatic hydroxyl groups excluding tert-OH is 1. The Morgan fingerprint density at radius 3 is 2.15 bits per heavy atom. The molecule has 0 aliphatic rings. The molecule has 1 rings (SSSR count). The molecule has 1 unspecified atom stereocenters. The number of halogens is 1. The zero-order valence-corrected chi connectivity index (χ0v) is 13.8. The summed E-state index contributed by atoms with van der Waals surface area (Å²) in [6, 6.07) is 3.48. The molecule has 1 aromatic carbocycles. The fraction of sp³-hybridized carbons (Fsp3) is 0.571. The molecular formula is C14H21BrO5. The molecular weight excluding hydrogens is 328 g/mol. The second-order valence-corrected chi connectivity index (χ2v) is 4.72. The number of aliphatic hydroxyl groups is 1. The van der Waals surface area contributed by atoms with Crippen LogP contribution >= 0.6 is 15.9 Å². The van der Waals surface area contributed by atoms with Crippen LogP contribution in [-0.2, 0) is 9.47 Å². The first-order valence-electron chi connectivity index (χ1n) is 6.42. The summed E-state index contributed by atoms with van der Waals surface area (Å²) in [5, 5.41) is 10.5. The fourth-order valence-electron chi connectivity index (χ4n) is 1.86. The van der Waals surface area contributed by atoms with Gasteiger partial charge in [0.05, 0.1) is 14.2 Å². The van der Waals surface area contributed by atoms with Crippen LogP contribution in [0, 0.1) is 0 Å². The molecule has 0 heterocycles. The average Bonchev–Trinajstić information content (AvgIpc) is 2.46. The van der Waals surface area contributed by atoms with E-state index in [1.54, 1.807) is 19.2 Å². The predicted molar refractivity (Wildman–Crippen MR) is 79.2 cm³/mol. The van der Waals surface area contributed by atoms with Gasteiger partial charge < -0.3 is 24.1 Å². The molecule has 0 radical (unpaired) electrons. The molecule has 0 fully saturated rings. The topological polar surface area (TPSA) is 57.2 Å². The van der Waals surface area contributed by atoms with E-state index in [2.05, 4.69) is 15.9 Å². The summed E-state index contributed by atoms with van der Waals surface area (Å²) in [5.41, 5.74) is 0.576. The lowest BCUT2D eigenvalue weighted by Crippen LogP contribution is -2.26. The molecule has 1 N–H and O–H groups in total. The maximum atomic E-state index is 10.5. The number of hydrogen-bond acceptors (Lipinski definition) is 5. The van der Waals surface area contributed by atoms with Crippen molar-refractivity contribution in [3.05, 3.63) is 22.2 Å². The van der Waals surface area contributed by atoms with Gasteiger partial charge in [0, 0.05) is 18.8 Å². The van der Waals surface area contributed by atoms with Gasteiger partial charge in [-0.15, -0.1) is 0 Å². The Balaban J connectivity index is 3.13. The van der Waals surface area contributed by atoms with E-state index in [0.717, 1.165) is 0 Å². The van der Waals surface area contributed by atoms with Gasteiger partial charge in [-0.25, -0.2) is 0 Å². The van der Waals surface area contributed by atoms with Gasteiger partial charge in [0.25, 0.3) is 0 Å². The zero-order valence-electron chi connectivity index (χ0n) is 12.2. The third kappa shape index (κ3) is 3.85. The highest BCUT2D eigenvalue weighted by Gasteiger charge is 2.26. The number of ether oxygens (including phenoxy) is 4. The van der Waals surface area contributed by atoms with Crippen molar-refractivity contribution in [3.8, 4) is 11.5 Å². The van der Waals surface area contributed by atoms with Crippen LogP contribution in [0.2, 0.25) is 0 Å². The Bertz CT molecular complexity index is 418. The summed E-state index contributed by atoms with van der Waals surface area (Å²) in [7, 11) is 3.10. The maximum Gasteiger partial charge on any atom is 0.187 e. The van der Waals surface area contributed by atoms with Crippen molar-refractivity contribution in [2.24, 2.45) is 0 Å². The van der Waals surface area contributed by atoms with Crippen molar-refractivity contribution < 1.29 is 24.1 Å². The summed E-state index contributed by atoms with van der Waals surface area (Å²) in [6.07, 6.45) is -1.69. The van der Waals surface area contributed by atoms with Crippen molar-refractivity contribution in [1.82, 2.24) is 0 Å². The summed E-state index contributed by atoms with van der Waals surface area (Å²) < 4.78 is 22.0. The van der Waals surface area contributed by atoms with E-state index < -0.39 is 12.4 Å². The van der Waals surface area contributed by atoms with Crippen LogP contribution < -0.4 is 9.47 Å². The monoisotopic (exact) mass is 348 g/mol. The summed E-state index contributed by atoms with van der Waals surface area (Å²) in [6.45, 7) is 4.59. The molecule has 6 heteroatoms. The van der Waals surface area contributed by atoms with Crippen molar-refractivity contribution in [2.75, 3.05) is 27.4 Å².